The Kier molecular flexibility index (Phi) is 5.25. The lowest BCUT2D eigenvalue weighted by molar-refractivity contribution is 0.167. The van der Waals surface area contributed by atoms with Crippen LogP contribution in [0.1, 0.15) is 0 Å². The van der Waals surface area contributed by atoms with Crippen molar-refractivity contribution in [1.82, 2.24) is 19.8 Å². The zero-order valence-corrected chi connectivity index (χ0v) is 15.9. The second-order valence-electron chi connectivity index (χ2n) is 6.83. The number of carbonyl (C=O) groups is 1. The van der Waals surface area contributed by atoms with Gasteiger partial charge in [0.2, 0.25) is 5.95 Å². The molecule has 2 amide bonds. The fraction of sp³-hybridized carbons (Fsp3) is 0.421. The summed E-state index contributed by atoms with van der Waals surface area (Å²) in [7, 11) is 7.61. The number of benzene rings is 1. The molecule has 0 aliphatic carbocycles. The quantitative estimate of drug-likeness (QED) is 0.844. The maximum atomic E-state index is 12.1. The highest BCUT2D eigenvalue weighted by atomic mass is 16.2. The summed E-state index contributed by atoms with van der Waals surface area (Å²) in [6.45, 7) is 2.84. The third kappa shape index (κ3) is 3.87. The Morgan fingerprint density at radius 2 is 1.62 bits per heavy atom. The van der Waals surface area contributed by atoms with Crippen LogP contribution >= 0.6 is 0 Å². The number of rotatable bonds is 3. The Balaban J connectivity index is 1.71. The van der Waals surface area contributed by atoms with Gasteiger partial charge in [-0.05, 0) is 18.2 Å². The third-order valence-electron chi connectivity index (χ3n) is 4.54. The van der Waals surface area contributed by atoms with Gasteiger partial charge in [0.1, 0.15) is 0 Å². The molecule has 0 radical (unpaired) electrons. The molecule has 2 heterocycles. The molecule has 1 saturated heterocycles. The molecule has 1 aliphatic rings. The molecule has 1 aliphatic heterocycles. The number of amides is 2. The highest BCUT2D eigenvalue weighted by Gasteiger charge is 2.23. The first-order valence-electron chi connectivity index (χ1n) is 8.77. The number of nitrogens with zero attached hydrogens (tertiary/aromatic N) is 6. The van der Waals surface area contributed by atoms with Crippen LogP contribution < -0.4 is 9.80 Å². The number of anilines is 2. The average Bonchev–Trinajstić information content (AvgIpc) is 2.67. The zero-order valence-electron chi connectivity index (χ0n) is 15.9. The first-order chi connectivity index (χ1) is 12.5. The van der Waals surface area contributed by atoms with Crippen molar-refractivity contribution in [1.29, 1.82) is 0 Å². The second-order valence-corrected chi connectivity index (χ2v) is 6.83. The van der Waals surface area contributed by atoms with Gasteiger partial charge in [0.25, 0.3) is 0 Å². The van der Waals surface area contributed by atoms with E-state index >= 15 is 0 Å². The van der Waals surface area contributed by atoms with Crippen molar-refractivity contribution >= 4 is 17.7 Å². The second kappa shape index (κ2) is 7.59. The molecule has 0 saturated carbocycles. The van der Waals surface area contributed by atoms with Crippen LogP contribution in [0.25, 0.3) is 11.3 Å². The molecule has 0 bridgehead atoms. The minimum absolute atomic E-state index is 0.0558. The average molecular weight is 354 g/mol. The van der Waals surface area contributed by atoms with E-state index in [0.29, 0.717) is 13.1 Å². The molecule has 1 aromatic heterocycles. The van der Waals surface area contributed by atoms with E-state index in [-0.39, 0.29) is 6.03 Å². The van der Waals surface area contributed by atoms with Crippen molar-refractivity contribution in [3.63, 3.8) is 0 Å². The van der Waals surface area contributed by atoms with Gasteiger partial charge in [0.05, 0.1) is 5.69 Å². The van der Waals surface area contributed by atoms with Gasteiger partial charge in [-0.3, -0.25) is 0 Å². The van der Waals surface area contributed by atoms with E-state index in [1.807, 2.05) is 25.1 Å². The molecule has 0 atom stereocenters. The zero-order chi connectivity index (χ0) is 18.7. The van der Waals surface area contributed by atoms with Gasteiger partial charge >= 0.3 is 6.03 Å². The summed E-state index contributed by atoms with van der Waals surface area (Å²) in [4.78, 5) is 28.9. The van der Waals surface area contributed by atoms with Crippen LogP contribution in [0, 0.1) is 0 Å². The number of aromatic nitrogens is 2. The van der Waals surface area contributed by atoms with Crippen molar-refractivity contribution in [3.05, 3.63) is 36.5 Å². The van der Waals surface area contributed by atoms with E-state index < -0.39 is 0 Å². The van der Waals surface area contributed by atoms with Crippen molar-refractivity contribution in [2.24, 2.45) is 0 Å². The number of hydrogen-bond donors (Lipinski definition) is 0. The van der Waals surface area contributed by atoms with Crippen molar-refractivity contribution in [2.75, 3.05) is 64.2 Å². The Hall–Kier alpha value is -2.83. The molecule has 138 valence electrons. The van der Waals surface area contributed by atoms with E-state index in [9.17, 15) is 4.79 Å². The molecular formula is C19H26N6O. The van der Waals surface area contributed by atoms with E-state index in [0.717, 1.165) is 36.0 Å². The van der Waals surface area contributed by atoms with Gasteiger partial charge in [0, 0.05) is 71.8 Å². The van der Waals surface area contributed by atoms with E-state index in [2.05, 4.69) is 39.0 Å². The summed E-state index contributed by atoms with van der Waals surface area (Å²) >= 11 is 0. The standard InChI is InChI=1S/C19H26N6O/c1-22(2)16-7-5-15(6-8-16)17-9-10-20-18(21-17)24-11-13-25(14-12-24)19(26)23(3)4/h5-10H,11-14H2,1-4H3. The Labute approximate surface area is 154 Å². The molecule has 0 spiro atoms. The molecule has 0 unspecified atom stereocenters. The molecule has 26 heavy (non-hydrogen) atoms. The molecule has 7 heteroatoms. The van der Waals surface area contributed by atoms with Crippen molar-refractivity contribution < 1.29 is 4.79 Å². The highest BCUT2D eigenvalue weighted by molar-refractivity contribution is 5.74. The van der Waals surface area contributed by atoms with E-state index in [1.54, 1.807) is 25.2 Å². The molecule has 1 fully saturated rings. The summed E-state index contributed by atoms with van der Waals surface area (Å²) in [5.41, 5.74) is 3.14. The maximum Gasteiger partial charge on any atom is 0.319 e. The fourth-order valence-electron chi connectivity index (χ4n) is 2.97. The van der Waals surface area contributed by atoms with Crippen molar-refractivity contribution in [3.8, 4) is 11.3 Å². The molecule has 2 aromatic rings. The Morgan fingerprint density at radius 1 is 0.962 bits per heavy atom. The van der Waals surface area contributed by atoms with Crippen LogP contribution in [0.2, 0.25) is 0 Å². The van der Waals surface area contributed by atoms with Gasteiger partial charge in [-0.1, -0.05) is 12.1 Å². The van der Waals surface area contributed by atoms with E-state index in [1.165, 1.54) is 0 Å². The first kappa shape index (κ1) is 18.0. The SMILES string of the molecule is CN(C)C(=O)N1CCN(c2nccc(-c3ccc(N(C)C)cc3)n2)CC1. The molecule has 7 nitrogen and oxygen atoms in total. The topological polar surface area (TPSA) is 55.8 Å². The van der Waals surface area contributed by atoms with Crippen LogP contribution in [0.3, 0.4) is 0 Å². The van der Waals surface area contributed by atoms with Gasteiger partial charge < -0.3 is 19.6 Å². The third-order valence-corrected chi connectivity index (χ3v) is 4.54. The lowest BCUT2D eigenvalue weighted by Gasteiger charge is -2.35. The van der Waals surface area contributed by atoms with Gasteiger partial charge in [-0.25, -0.2) is 14.8 Å². The van der Waals surface area contributed by atoms with Crippen LogP contribution in [0.15, 0.2) is 36.5 Å². The van der Waals surface area contributed by atoms with E-state index in [4.69, 9.17) is 4.98 Å². The Bertz CT molecular complexity index is 751. The largest absolute Gasteiger partial charge is 0.378 e. The van der Waals surface area contributed by atoms with Crippen LogP contribution in [-0.2, 0) is 0 Å². The summed E-state index contributed by atoms with van der Waals surface area (Å²) in [5, 5.41) is 0. The number of carbonyl (C=O) groups excluding carboxylic acids is 1. The van der Waals surface area contributed by atoms with Gasteiger partial charge in [0.15, 0.2) is 0 Å². The number of piperazine rings is 1. The maximum absolute atomic E-state index is 12.1. The normalized spacial score (nSPS) is 14.3. The molecular weight excluding hydrogens is 328 g/mol. The number of hydrogen-bond acceptors (Lipinski definition) is 5. The predicted octanol–water partition coefficient (Wildman–Crippen LogP) is 2.01. The van der Waals surface area contributed by atoms with Crippen LogP contribution in [-0.4, -0.2) is 80.2 Å². The summed E-state index contributed by atoms with van der Waals surface area (Å²) < 4.78 is 0. The lowest BCUT2D eigenvalue weighted by atomic mass is 10.1. The van der Waals surface area contributed by atoms with Crippen LogP contribution in [0.5, 0.6) is 0 Å². The smallest absolute Gasteiger partial charge is 0.319 e. The highest BCUT2D eigenvalue weighted by Crippen LogP contribution is 2.22. The monoisotopic (exact) mass is 354 g/mol. The molecule has 3 rings (SSSR count). The van der Waals surface area contributed by atoms with Crippen molar-refractivity contribution in [2.45, 2.75) is 0 Å². The summed E-state index contributed by atoms with van der Waals surface area (Å²) in [5.74, 6) is 0.719. The molecule has 0 N–H and O–H groups in total. The lowest BCUT2D eigenvalue weighted by Crippen LogP contribution is -2.51. The Morgan fingerprint density at radius 3 is 2.19 bits per heavy atom. The first-order valence-corrected chi connectivity index (χ1v) is 8.77. The fourth-order valence-corrected chi connectivity index (χ4v) is 2.97. The van der Waals surface area contributed by atoms with Gasteiger partial charge in [-0.15, -0.1) is 0 Å². The minimum Gasteiger partial charge on any atom is -0.378 e. The van der Waals surface area contributed by atoms with Crippen LogP contribution in [0.4, 0.5) is 16.4 Å². The van der Waals surface area contributed by atoms with Gasteiger partial charge in [-0.2, -0.15) is 0 Å². The minimum atomic E-state index is 0.0558. The molecule has 1 aromatic carbocycles. The number of urea groups is 1. The summed E-state index contributed by atoms with van der Waals surface area (Å²) in [6, 6.07) is 10.3. The predicted molar refractivity (Wildman–Crippen MR) is 105 cm³/mol. The summed E-state index contributed by atoms with van der Waals surface area (Å²) in [6.07, 6.45) is 1.80.